The largest absolute Gasteiger partial charge is 0.366 e. The van der Waals surface area contributed by atoms with Gasteiger partial charge in [0, 0.05) is 36.9 Å². The third-order valence-corrected chi connectivity index (χ3v) is 4.68. The molecule has 24 heavy (non-hydrogen) atoms. The van der Waals surface area contributed by atoms with E-state index in [9.17, 15) is 9.18 Å². The molecule has 1 heterocycles. The van der Waals surface area contributed by atoms with Crippen molar-refractivity contribution in [3.05, 3.63) is 58.9 Å². The van der Waals surface area contributed by atoms with Crippen LogP contribution in [-0.4, -0.2) is 37.1 Å². The quantitative estimate of drug-likeness (QED) is 0.886. The first kappa shape index (κ1) is 16.6. The number of hydrogen-bond donors (Lipinski definition) is 1. The summed E-state index contributed by atoms with van der Waals surface area (Å²) in [6, 6.07) is 12.0. The van der Waals surface area contributed by atoms with Crippen LogP contribution >= 0.6 is 11.6 Å². The van der Waals surface area contributed by atoms with Crippen molar-refractivity contribution in [1.82, 2.24) is 4.90 Å². The average molecular weight is 348 g/mol. The maximum Gasteiger partial charge on any atom is 0.321 e. The summed E-state index contributed by atoms with van der Waals surface area (Å²) < 4.78 is 13.9. The summed E-state index contributed by atoms with van der Waals surface area (Å²) in [5.41, 5.74) is 2.14. The Morgan fingerprint density at radius 2 is 1.79 bits per heavy atom. The Morgan fingerprint density at radius 1 is 1.08 bits per heavy atom. The molecule has 3 rings (SSSR count). The number of halogens is 2. The number of benzene rings is 2. The molecule has 0 aliphatic carbocycles. The van der Waals surface area contributed by atoms with Crippen LogP contribution in [0.2, 0.25) is 5.02 Å². The van der Waals surface area contributed by atoms with Crippen molar-refractivity contribution in [2.45, 2.75) is 6.92 Å². The molecule has 0 radical (unpaired) electrons. The topological polar surface area (TPSA) is 35.6 Å². The summed E-state index contributed by atoms with van der Waals surface area (Å²) in [6.45, 7) is 4.15. The number of amides is 2. The predicted octanol–water partition coefficient (Wildman–Crippen LogP) is 4.14. The minimum atomic E-state index is -0.232. The lowest BCUT2D eigenvalue weighted by Gasteiger charge is -2.36. The highest BCUT2D eigenvalue weighted by atomic mass is 35.5. The number of carbonyl (C=O) groups excluding carboxylic acids is 1. The Hall–Kier alpha value is -2.27. The van der Waals surface area contributed by atoms with Gasteiger partial charge in [-0.05, 0) is 36.8 Å². The standard InChI is InChI=1S/C18H19ClFN3O/c1-13-14(19)5-4-7-16(13)21-18(24)23-11-9-22(10-12-23)17-8-3-2-6-15(17)20/h2-8H,9-12H2,1H3,(H,21,24). The zero-order valence-electron chi connectivity index (χ0n) is 13.4. The van der Waals surface area contributed by atoms with E-state index < -0.39 is 0 Å². The lowest BCUT2D eigenvalue weighted by molar-refractivity contribution is 0.208. The Labute approximate surface area is 145 Å². The Bertz CT molecular complexity index is 745. The summed E-state index contributed by atoms with van der Waals surface area (Å²) in [7, 11) is 0. The second-order valence-electron chi connectivity index (χ2n) is 5.77. The molecule has 1 aliphatic rings. The van der Waals surface area contributed by atoms with Gasteiger partial charge in [0.15, 0.2) is 0 Å². The maximum atomic E-state index is 13.9. The third kappa shape index (κ3) is 3.46. The van der Waals surface area contributed by atoms with Crippen LogP contribution < -0.4 is 10.2 Å². The second-order valence-corrected chi connectivity index (χ2v) is 6.18. The highest BCUT2D eigenvalue weighted by Crippen LogP contribution is 2.24. The van der Waals surface area contributed by atoms with E-state index in [1.165, 1.54) is 6.07 Å². The van der Waals surface area contributed by atoms with Gasteiger partial charge in [0.05, 0.1) is 5.69 Å². The minimum absolute atomic E-state index is 0.159. The van der Waals surface area contributed by atoms with Crippen LogP contribution in [-0.2, 0) is 0 Å². The van der Waals surface area contributed by atoms with Crippen molar-refractivity contribution in [3.8, 4) is 0 Å². The van der Waals surface area contributed by atoms with Crippen LogP contribution in [0.1, 0.15) is 5.56 Å². The first-order chi connectivity index (χ1) is 11.6. The van der Waals surface area contributed by atoms with E-state index in [2.05, 4.69) is 5.32 Å². The van der Waals surface area contributed by atoms with Crippen LogP contribution in [0.5, 0.6) is 0 Å². The van der Waals surface area contributed by atoms with Crippen LogP contribution in [0.4, 0.5) is 20.6 Å². The highest BCUT2D eigenvalue weighted by Gasteiger charge is 2.23. The van der Waals surface area contributed by atoms with Crippen LogP contribution in [0.3, 0.4) is 0 Å². The van der Waals surface area contributed by atoms with Crippen molar-refractivity contribution < 1.29 is 9.18 Å². The molecule has 2 amide bonds. The van der Waals surface area contributed by atoms with Crippen molar-refractivity contribution >= 4 is 29.0 Å². The van der Waals surface area contributed by atoms with Crippen molar-refractivity contribution in [2.24, 2.45) is 0 Å². The van der Waals surface area contributed by atoms with Gasteiger partial charge in [-0.25, -0.2) is 9.18 Å². The Kier molecular flexibility index (Phi) is 4.90. The third-order valence-electron chi connectivity index (χ3n) is 4.27. The van der Waals surface area contributed by atoms with Gasteiger partial charge >= 0.3 is 6.03 Å². The van der Waals surface area contributed by atoms with Crippen molar-refractivity contribution in [2.75, 3.05) is 36.4 Å². The first-order valence-corrected chi connectivity index (χ1v) is 8.24. The average Bonchev–Trinajstić information content (AvgIpc) is 2.59. The molecule has 1 aliphatic heterocycles. The van der Waals surface area contributed by atoms with Gasteiger partial charge in [0.25, 0.3) is 0 Å². The predicted molar refractivity (Wildman–Crippen MR) is 95.4 cm³/mol. The van der Waals surface area contributed by atoms with Gasteiger partial charge < -0.3 is 15.1 Å². The van der Waals surface area contributed by atoms with E-state index in [1.54, 1.807) is 29.2 Å². The summed E-state index contributed by atoms with van der Waals surface area (Å²) in [5, 5.41) is 3.52. The van der Waals surface area contributed by atoms with Gasteiger partial charge in [-0.1, -0.05) is 29.8 Å². The van der Waals surface area contributed by atoms with E-state index in [1.807, 2.05) is 24.0 Å². The number of urea groups is 1. The molecule has 1 fully saturated rings. The van der Waals surface area contributed by atoms with Crippen LogP contribution in [0.25, 0.3) is 0 Å². The molecule has 4 nitrogen and oxygen atoms in total. The van der Waals surface area contributed by atoms with Gasteiger partial charge in [0.2, 0.25) is 0 Å². The lowest BCUT2D eigenvalue weighted by atomic mass is 10.2. The number of hydrogen-bond acceptors (Lipinski definition) is 2. The number of para-hydroxylation sites is 1. The lowest BCUT2D eigenvalue weighted by Crippen LogP contribution is -2.50. The Balaban J connectivity index is 1.61. The Morgan fingerprint density at radius 3 is 2.50 bits per heavy atom. The molecule has 0 bridgehead atoms. The molecule has 0 aromatic heterocycles. The normalized spacial score (nSPS) is 14.6. The smallest absolute Gasteiger partial charge is 0.321 e. The molecule has 0 spiro atoms. The molecule has 2 aromatic carbocycles. The van der Waals surface area contributed by atoms with Crippen molar-refractivity contribution in [3.63, 3.8) is 0 Å². The molecule has 126 valence electrons. The summed E-state index contributed by atoms with van der Waals surface area (Å²) in [6.07, 6.45) is 0. The van der Waals surface area contributed by atoms with E-state index in [-0.39, 0.29) is 11.8 Å². The van der Waals surface area contributed by atoms with Crippen LogP contribution in [0, 0.1) is 12.7 Å². The van der Waals surface area contributed by atoms with E-state index in [4.69, 9.17) is 11.6 Å². The summed E-state index contributed by atoms with van der Waals surface area (Å²) in [5.74, 6) is -0.232. The summed E-state index contributed by atoms with van der Waals surface area (Å²) in [4.78, 5) is 16.1. The molecule has 0 atom stereocenters. The van der Waals surface area contributed by atoms with Gasteiger partial charge in [-0.3, -0.25) is 0 Å². The number of piperazine rings is 1. The molecular weight excluding hydrogens is 329 g/mol. The minimum Gasteiger partial charge on any atom is -0.366 e. The molecular formula is C18H19ClFN3O. The molecule has 0 unspecified atom stereocenters. The zero-order chi connectivity index (χ0) is 17.1. The number of rotatable bonds is 2. The molecule has 1 saturated heterocycles. The highest BCUT2D eigenvalue weighted by molar-refractivity contribution is 6.31. The van der Waals surface area contributed by atoms with E-state index in [0.717, 1.165) is 5.56 Å². The molecule has 1 N–H and O–H groups in total. The van der Waals surface area contributed by atoms with Gasteiger partial charge in [-0.2, -0.15) is 0 Å². The monoisotopic (exact) mass is 347 g/mol. The maximum absolute atomic E-state index is 13.9. The van der Waals surface area contributed by atoms with E-state index >= 15 is 0 Å². The molecule has 0 saturated carbocycles. The first-order valence-electron chi connectivity index (χ1n) is 7.87. The fourth-order valence-electron chi connectivity index (χ4n) is 2.80. The van der Waals surface area contributed by atoms with E-state index in [0.29, 0.717) is 42.6 Å². The molecule has 6 heteroatoms. The second kappa shape index (κ2) is 7.09. The fraction of sp³-hybridized carbons (Fsp3) is 0.278. The molecule has 2 aromatic rings. The zero-order valence-corrected chi connectivity index (χ0v) is 14.2. The fourth-order valence-corrected chi connectivity index (χ4v) is 2.97. The van der Waals surface area contributed by atoms with Crippen LogP contribution in [0.15, 0.2) is 42.5 Å². The number of nitrogens with one attached hydrogen (secondary N) is 1. The van der Waals surface area contributed by atoms with Crippen molar-refractivity contribution in [1.29, 1.82) is 0 Å². The van der Waals surface area contributed by atoms with Gasteiger partial charge in [-0.15, -0.1) is 0 Å². The number of carbonyl (C=O) groups is 1. The summed E-state index contributed by atoms with van der Waals surface area (Å²) >= 11 is 6.08. The SMILES string of the molecule is Cc1c(Cl)cccc1NC(=O)N1CCN(c2ccccc2F)CC1. The number of nitrogens with zero attached hydrogens (tertiary/aromatic N) is 2. The number of anilines is 2. The van der Waals surface area contributed by atoms with Gasteiger partial charge in [0.1, 0.15) is 5.82 Å².